The van der Waals surface area contributed by atoms with E-state index in [1.807, 2.05) is 44.2 Å². The molecule has 6 nitrogen and oxygen atoms in total. The van der Waals surface area contributed by atoms with Crippen LogP contribution in [0.4, 0.5) is 0 Å². The summed E-state index contributed by atoms with van der Waals surface area (Å²) in [6.07, 6.45) is 9.81. The Bertz CT molecular complexity index is 1220. The van der Waals surface area contributed by atoms with Crippen LogP contribution in [0.2, 0.25) is 0 Å². The van der Waals surface area contributed by atoms with Gasteiger partial charge in [0, 0.05) is 19.5 Å². The maximum Gasteiger partial charge on any atom is 0.350 e. The SMILES string of the molecule is CCCCCCC(=O)C(c1ccccc1)N1CC=C(c2ccc(-n3cnn(C(C)C)c3=O)cc2)CC1. The van der Waals surface area contributed by atoms with E-state index in [2.05, 4.69) is 47.3 Å². The molecule has 2 aromatic carbocycles. The Morgan fingerprint density at radius 2 is 1.75 bits per heavy atom. The normalized spacial score (nSPS) is 15.2. The number of ketones is 1. The van der Waals surface area contributed by atoms with E-state index in [0.717, 1.165) is 49.2 Å². The molecule has 0 bridgehead atoms. The summed E-state index contributed by atoms with van der Waals surface area (Å²) in [7, 11) is 0. The van der Waals surface area contributed by atoms with E-state index in [-0.39, 0.29) is 17.8 Å². The van der Waals surface area contributed by atoms with Crippen molar-refractivity contribution in [3.8, 4) is 5.69 Å². The molecule has 36 heavy (non-hydrogen) atoms. The van der Waals surface area contributed by atoms with Crippen LogP contribution in [-0.2, 0) is 4.79 Å². The molecule has 1 aliphatic heterocycles. The molecule has 1 unspecified atom stereocenters. The van der Waals surface area contributed by atoms with Gasteiger partial charge in [-0.2, -0.15) is 5.10 Å². The summed E-state index contributed by atoms with van der Waals surface area (Å²) in [6, 6.07) is 18.1. The number of carbonyl (C=O) groups excluding carboxylic acids is 1. The van der Waals surface area contributed by atoms with Crippen LogP contribution in [0.5, 0.6) is 0 Å². The number of unbranched alkanes of at least 4 members (excludes halogenated alkanes) is 3. The Labute approximate surface area is 214 Å². The van der Waals surface area contributed by atoms with Crippen molar-refractivity contribution in [1.82, 2.24) is 19.2 Å². The predicted octanol–water partition coefficient (Wildman–Crippen LogP) is 5.98. The lowest BCUT2D eigenvalue weighted by Gasteiger charge is -2.33. The minimum absolute atomic E-state index is 0.0243. The molecule has 0 spiro atoms. The van der Waals surface area contributed by atoms with E-state index < -0.39 is 0 Å². The summed E-state index contributed by atoms with van der Waals surface area (Å²) in [4.78, 5) is 28.2. The molecule has 0 saturated carbocycles. The van der Waals surface area contributed by atoms with Gasteiger partial charge in [0.15, 0.2) is 5.78 Å². The molecule has 190 valence electrons. The number of hydrogen-bond acceptors (Lipinski definition) is 4. The van der Waals surface area contributed by atoms with Gasteiger partial charge in [-0.25, -0.2) is 14.0 Å². The fraction of sp³-hybridized carbons (Fsp3) is 0.433. The van der Waals surface area contributed by atoms with Crippen LogP contribution in [0.15, 0.2) is 71.8 Å². The maximum absolute atomic E-state index is 13.3. The van der Waals surface area contributed by atoms with Gasteiger partial charge in [-0.15, -0.1) is 0 Å². The minimum atomic E-state index is -0.183. The highest BCUT2D eigenvalue weighted by molar-refractivity contribution is 5.85. The standard InChI is InChI=1S/C30H38N4O2/c1-4-5-6-10-13-28(35)29(26-11-8-7-9-12-26)32-20-18-25(19-21-32)24-14-16-27(17-15-24)33-22-31-34(23(2)3)30(33)36/h7-9,11-12,14-18,22-23,29H,4-6,10,13,19-21H2,1-3H3. The highest BCUT2D eigenvalue weighted by Gasteiger charge is 2.28. The highest BCUT2D eigenvalue weighted by Crippen LogP contribution is 2.30. The first kappa shape index (κ1) is 25.8. The lowest BCUT2D eigenvalue weighted by atomic mass is 9.93. The van der Waals surface area contributed by atoms with Gasteiger partial charge in [-0.1, -0.05) is 74.7 Å². The van der Waals surface area contributed by atoms with Crippen molar-refractivity contribution >= 4 is 11.4 Å². The maximum atomic E-state index is 13.3. The third-order valence-electron chi connectivity index (χ3n) is 7.00. The van der Waals surface area contributed by atoms with E-state index in [0.29, 0.717) is 12.2 Å². The van der Waals surface area contributed by atoms with Crippen molar-refractivity contribution in [2.75, 3.05) is 13.1 Å². The van der Waals surface area contributed by atoms with Crippen LogP contribution in [0.25, 0.3) is 11.3 Å². The van der Waals surface area contributed by atoms with Crippen molar-refractivity contribution in [2.24, 2.45) is 0 Å². The number of hydrogen-bond donors (Lipinski definition) is 0. The first-order valence-electron chi connectivity index (χ1n) is 13.3. The molecule has 1 atom stereocenters. The first-order chi connectivity index (χ1) is 17.5. The summed E-state index contributed by atoms with van der Waals surface area (Å²) in [5.41, 5.74) is 4.21. The summed E-state index contributed by atoms with van der Waals surface area (Å²) in [5.74, 6) is 0.325. The lowest BCUT2D eigenvalue weighted by Crippen LogP contribution is -2.37. The summed E-state index contributed by atoms with van der Waals surface area (Å²) in [5, 5.41) is 4.22. The zero-order chi connectivity index (χ0) is 25.5. The molecule has 0 amide bonds. The molecular weight excluding hydrogens is 448 g/mol. The molecule has 3 aromatic rings. The summed E-state index contributed by atoms with van der Waals surface area (Å²) in [6.45, 7) is 7.68. The summed E-state index contributed by atoms with van der Waals surface area (Å²) < 4.78 is 3.07. The quantitative estimate of drug-likeness (QED) is 0.313. The molecule has 0 fully saturated rings. The molecule has 1 aliphatic rings. The zero-order valence-electron chi connectivity index (χ0n) is 21.8. The topological polar surface area (TPSA) is 60.1 Å². The molecule has 0 saturated heterocycles. The first-order valence-corrected chi connectivity index (χ1v) is 13.3. The third-order valence-corrected chi connectivity index (χ3v) is 7.00. The predicted molar refractivity (Wildman–Crippen MR) is 145 cm³/mol. The summed E-state index contributed by atoms with van der Waals surface area (Å²) >= 11 is 0. The molecule has 0 aliphatic carbocycles. The van der Waals surface area contributed by atoms with Gasteiger partial charge in [-0.3, -0.25) is 9.69 Å². The highest BCUT2D eigenvalue weighted by atomic mass is 16.2. The van der Waals surface area contributed by atoms with Crippen LogP contribution >= 0.6 is 0 Å². The molecule has 6 heteroatoms. The Hall–Kier alpha value is -3.25. The number of aromatic nitrogens is 3. The smallest absolute Gasteiger partial charge is 0.298 e. The van der Waals surface area contributed by atoms with Crippen molar-refractivity contribution < 1.29 is 4.79 Å². The van der Waals surface area contributed by atoms with Crippen LogP contribution < -0.4 is 5.69 Å². The van der Waals surface area contributed by atoms with Crippen LogP contribution in [0, 0.1) is 0 Å². The second-order valence-corrected chi connectivity index (χ2v) is 9.93. The molecule has 1 aromatic heterocycles. The lowest BCUT2D eigenvalue weighted by molar-refractivity contribution is -0.124. The second kappa shape index (κ2) is 12.1. The van der Waals surface area contributed by atoms with Gasteiger partial charge in [0.25, 0.3) is 0 Å². The Kier molecular flexibility index (Phi) is 8.70. The molecule has 0 radical (unpaired) electrons. The zero-order valence-corrected chi connectivity index (χ0v) is 21.8. The monoisotopic (exact) mass is 486 g/mol. The average molecular weight is 487 g/mol. The van der Waals surface area contributed by atoms with Crippen LogP contribution in [-0.4, -0.2) is 38.1 Å². The van der Waals surface area contributed by atoms with E-state index in [4.69, 9.17) is 0 Å². The van der Waals surface area contributed by atoms with Crippen LogP contribution in [0.3, 0.4) is 0 Å². The van der Waals surface area contributed by atoms with Gasteiger partial charge in [-0.05, 0) is 55.5 Å². The Morgan fingerprint density at radius 3 is 2.36 bits per heavy atom. The van der Waals surface area contributed by atoms with Crippen molar-refractivity contribution in [3.63, 3.8) is 0 Å². The van der Waals surface area contributed by atoms with Gasteiger partial charge in [0.1, 0.15) is 6.33 Å². The van der Waals surface area contributed by atoms with Gasteiger partial charge < -0.3 is 0 Å². The van der Waals surface area contributed by atoms with Crippen molar-refractivity contribution in [1.29, 1.82) is 0 Å². The van der Waals surface area contributed by atoms with E-state index in [1.54, 1.807) is 10.9 Å². The number of Topliss-reactive ketones (excluding diaryl/α,β-unsaturated/α-hetero) is 1. The average Bonchev–Trinajstić information content (AvgIpc) is 3.29. The Balaban J connectivity index is 1.47. The fourth-order valence-corrected chi connectivity index (χ4v) is 4.96. The largest absolute Gasteiger partial charge is 0.350 e. The molecule has 4 rings (SSSR count). The number of rotatable bonds is 11. The Morgan fingerprint density at radius 1 is 1.00 bits per heavy atom. The minimum Gasteiger partial charge on any atom is -0.298 e. The number of benzene rings is 2. The van der Waals surface area contributed by atoms with E-state index >= 15 is 0 Å². The second-order valence-electron chi connectivity index (χ2n) is 9.93. The van der Waals surface area contributed by atoms with Crippen molar-refractivity contribution in [3.05, 3.63) is 88.6 Å². The number of nitrogens with zero attached hydrogens (tertiary/aromatic N) is 4. The van der Waals surface area contributed by atoms with E-state index in [9.17, 15) is 9.59 Å². The third kappa shape index (κ3) is 5.93. The van der Waals surface area contributed by atoms with Gasteiger partial charge in [0.2, 0.25) is 0 Å². The number of carbonyl (C=O) groups is 1. The fourth-order valence-electron chi connectivity index (χ4n) is 4.96. The van der Waals surface area contributed by atoms with Crippen LogP contribution in [0.1, 0.15) is 82.5 Å². The van der Waals surface area contributed by atoms with E-state index in [1.165, 1.54) is 23.1 Å². The molecular formula is C30H38N4O2. The van der Waals surface area contributed by atoms with Crippen molar-refractivity contribution in [2.45, 2.75) is 71.4 Å². The molecule has 2 heterocycles. The molecule has 0 N–H and O–H groups in total. The van der Waals surface area contributed by atoms with Gasteiger partial charge in [0.05, 0.1) is 17.8 Å². The van der Waals surface area contributed by atoms with Gasteiger partial charge >= 0.3 is 5.69 Å².